The number of ether oxygens (including phenoxy) is 1. The van der Waals surface area contributed by atoms with Crippen molar-refractivity contribution in [2.24, 2.45) is 5.92 Å². The van der Waals surface area contributed by atoms with Gasteiger partial charge in [0, 0.05) is 11.1 Å². The molecule has 1 aliphatic heterocycles. The molecule has 6 heteroatoms. The fraction of sp³-hybridized carbons (Fsp3) is 0.154. The molecule has 96 valence electrons. The molecule has 19 heavy (non-hydrogen) atoms. The van der Waals surface area contributed by atoms with Crippen molar-refractivity contribution in [2.75, 3.05) is 0 Å². The molecule has 0 saturated carbocycles. The molecule has 0 spiro atoms. The van der Waals surface area contributed by atoms with E-state index in [1.165, 1.54) is 0 Å². The van der Waals surface area contributed by atoms with Crippen LogP contribution in [0.25, 0.3) is 0 Å². The predicted octanol–water partition coefficient (Wildman–Crippen LogP) is 2.30. The van der Waals surface area contributed by atoms with Gasteiger partial charge in [-0.3, -0.25) is 9.59 Å². The van der Waals surface area contributed by atoms with Gasteiger partial charge < -0.3 is 4.74 Å². The van der Waals surface area contributed by atoms with Crippen molar-refractivity contribution in [2.45, 2.75) is 6.10 Å². The molecule has 1 aliphatic carbocycles. The number of carbonyl (C=O) groups is 3. The number of hydrogen-bond donors (Lipinski definition) is 0. The molecule has 2 aliphatic rings. The molecule has 0 amide bonds. The van der Waals surface area contributed by atoms with Gasteiger partial charge in [-0.15, -0.1) is 0 Å². The first-order valence-electron chi connectivity index (χ1n) is 5.46. The van der Waals surface area contributed by atoms with Crippen LogP contribution in [0.5, 0.6) is 0 Å². The predicted molar refractivity (Wildman–Crippen MR) is 67.2 cm³/mol. The van der Waals surface area contributed by atoms with Crippen molar-refractivity contribution in [1.82, 2.24) is 0 Å². The number of cyclic esters (lactones) is 1. The lowest BCUT2D eigenvalue weighted by atomic mass is 9.97. The topological polar surface area (TPSA) is 60.4 Å². The first-order chi connectivity index (χ1) is 9.02. The summed E-state index contributed by atoms with van der Waals surface area (Å²) < 4.78 is 4.92. The molecule has 0 saturated heterocycles. The SMILES string of the molecule is O=C1O[C@@H](C2C(=O)c3ccccc3C2=O)C(Cl)=C1Cl. The number of ketones is 2. The van der Waals surface area contributed by atoms with E-state index in [0.29, 0.717) is 11.1 Å². The molecule has 1 atom stereocenters. The third kappa shape index (κ3) is 1.64. The molecular weight excluding hydrogens is 291 g/mol. The number of fused-ring (bicyclic) bond motifs is 1. The average molecular weight is 297 g/mol. The van der Waals surface area contributed by atoms with Gasteiger partial charge in [-0.25, -0.2) is 4.79 Å². The maximum atomic E-state index is 12.2. The Hall–Kier alpha value is -1.65. The molecule has 0 radical (unpaired) electrons. The molecule has 0 unspecified atom stereocenters. The van der Waals surface area contributed by atoms with E-state index in [9.17, 15) is 14.4 Å². The van der Waals surface area contributed by atoms with Gasteiger partial charge in [-0.2, -0.15) is 0 Å². The van der Waals surface area contributed by atoms with Gasteiger partial charge in [-0.1, -0.05) is 47.5 Å². The van der Waals surface area contributed by atoms with Gasteiger partial charge in [-0.05, 0) is 0 Å². The molecule has 3 rings (SSSR count). The van der Waals surface area contributed by atoms with Crippen LogP contribution in [-0.2, 0) is 9.53 Å². The Morgan fingerprint density at radius 1 is 0.947 bits per heavy atom. The minimum absolute atomic E-state index is 0.0915. The van der Waals surface area contributed by atoms with E-state index in [-0.39, 0.29) is 10.1 Å². The zero-order valence-corrected chi connectivity index (χ0v) is 10.9. The van der Waals surface area contributed by atoms with Gasteiger partial charge in [0.25, 0.3) is 0 Å². The first kappa shape index (κ1) is 12.4. The highest BCUT2D eigenvalue weighted by atomic mass is 35.5. The van der Waals surface area contributed by atoms with Crippen molar-refractivity contribution in [3.05, 3.63) is 45.5 Å². The highest BCUT2D eigenvalue weighted by Gasteiger charge is 2.49. The van der Waals surface area contributed by atoms with Gasteiger partial charge in [0.1, 0.15) is 11.0 Å². The van der Waals surface area contributed by atoms with Gasteiger partial charge in [0.15, 0.2) is 17.7 Å². The quantitative estimate of drug-likeness (QED) is 0.589. The average Bonchev–Trinajstić information content (AvgIpc) is 2.80. The monoisotopic (exact) mass is 296 g/mol. The first-order valence-corrected chi connectivity index (χ1v) is 6.21. The fourth-order valence-electron chi connectivity index (χ4n) is 2.30. The Morgan fingerprint density at radius 2 is 1.47 bits per heavy atom. The van der Waals surface area contributed by atoms with E-state index in [2.05, 4.69) is 0 Å². The molecule has 0 fully saturated rings. The Bertz CT molecular complexity index is 627. The van der Waals surface area contributed by atoms with Crippen molar-refractivity contribution < 1.29 is 19.1 Å². The van der Waals surface area contributed by atoms with Crippen molar-refractivity contribution in [1.29, 1.82) is 0 Å². The number of benzene rings is 1. The van der Waals surface area contributed by atoms with Crippen LogP contribution in [0.2, 0.25) is 0 Å². The largest absolute Gasteiger partial charge is 0.451 e. The molecule has 1 aromatic carbocycles. The summed E-state index contributed by atoms with van der Waals surface area (Å²) in [5.74, 6) is -2.75. The van der Waals surface area contributed by atoms with Gasteiger partial charge in [0.2, 0.25) is 0 Å². The Kier molecular flexibility index (Phi) is 2.73. The van der Waals surface area contributed by atoms with Crippen molar-refractivity contribution >= 4 is 40.7 Å². The van der Waals surface area contributed by atoms with Crippen LogP contribution in [0.4, 0.5) is 0 Å². The van der Waals surface area contributed by atoms with Crippen LogP contribution in [0, 0.1) is 5.92 Å². The second-order valence-electron chi connectivity index (χ2n) is 4.24. The van der Waals surface area contributed by atoms with E-state index in [1.807, 2.05) is 0 Å². The van der Waals surface area contributed by atoms with E-state index < -0.39 is 29.6 Å². The second kappa shape index (κ2) is 4.18. The number of carbonyl (C=O) groups excluding carboxylic acids is 3. The zero-order valence-electron chi connectivity index (χ0n) is 9.35. The molecular formula is C13H6Cl2O4. The Balaban J connectivity index is 2.05. The molecule has 0 N–H and O–H groups in total. The minimum Gasteiger partial charge on any atom is -0.451 e. The molecule has 0 bridgehead atoms. The summed E-state index contributed by atoms with van der Waals surface area (Å²) in [7, 11) is 0. The molecule has 1 aromatic rings. The summed E-state index contributed by atoms with van der Waals surface area (Å²) in [6, 6.07) is 6.45. The number of halogens is 2. The second-order valence-corrected chi connectivity index (χ2v) is 5.02. The zero-order chi connectivity index (χ0) is 13.7. The van der Waals surface area contributed by atoms with Crippen LogP contribution in [0.1, 0.15) is 20.7 Å². The van der Waals surface area contributed by atoms with Crippen molar-refractivity contribution in [3.63, 3.8) is 0 Å². The molecule has 4 nitrogen and oxygen atoms in total. The number of hydrogen-bond acceptors (Lipinski definition) is 4. The van der Waals surface area contributed by atoms with Crippen LogP contribution in [0.15, 0.2) is 34.3 Å². The van der Waals surface area contributed by atoms with Gasteiger partial charge >= 0.3 is 5.97 Å². The summed E-state index contributed by atoms with van der Waals surface area (Å²) >= 11 is 11.5. The lowest BCUT2D eigenvalue weighted by Crippen LogP contribution is -2.31. The summed E-state index contributed by atoms with van der Waals surface area (Å²) in [6.07, 6.45) is -1.12. The highest BCUT2D eigenvalue weighted by molar-refractivity contribution is 6.49. The Morgan fingerprint density at radius 3 is 1.89 bits per heavy atom. The fourth-order valence-corrected chi connectivity index (χ4v) is 2.70. The lowest BCUT2D eigenvalue weighted by molar-refractivity contribution is -0.139. The third-order valence-electron chi connectivity index (χ3n) is 3.20. The number of esters is 1. The van der Waals surface area contributed by atoms with Crippen LogP contribution in [0.3, 0.4) is 0 Å². The summed E-state index contributed by atoms with van der Waals surface area (Å²) in [4.78, 5) is 35.8. The maximum Gasteiger partial charge on any atom is 0.351 e. The van der Waals surface area contributed by atoms with E-state index in [4.69, 9.17) is 27.9 Å². The van der Waals surface area contributed by atoms with Crippen LogP contribution >= 0.6 is 23.2 Å². The molecule has 1 heterocycles. The maximum absolute atomic E-state index is 12.2. The van der Waals surface area contributed by atoms with Gasteiger partial charge in [0.05, 0.1) is 5.03 Å². The standard InChI is InChI=1S/C13H6Cl2O4/c14-8-9(15)13(18)19-12(8)7-10(16)5-3-1-2-4-6(5)11(7)17/h1-4,7,12H/t12-/m0/s1. The highest BCUT2D eigenvalue weighted by Crippen LogP contribution is 2.39. The number of Topliss-reactive ketones (excluding diaryl/α,β-unsaturated/α-hetero) is 2. The minimum atomic E-state index is -1.13. The van der Waals surface area contributed by atoms with Crippen LogP contribution < -0.4 is 0 Å². The smallest absolute Gasteiger partial charge is 0.351 e. The molecule has 0 aromatic heterocycles. The lowest BCUT2D eigenvalue weighted by Gasteiger charge is -2.14. The third-order valence-corrected chi connectivity index (χ3v) is 4.06. The van der Waals surface area contributed by atoms with Crippen molar-refractivity contribution in [3.8, 4) is 0 Å². The Labute approximate surface area is 117 Å². The normalized spacial score (nSPS) is 23.1. The van der Waals surface area contributed by atoms with E-state index in [0.717, 1.165) is 0 Å². The summed E-state index contributed by atoms with van der Waals surface area (Å²) in [6.45, 7) is 0. The summed E-state index contributed by atoms with van der Waals surface area (Å²) in [5, 5.41) is -0.366. The van der Waals surface area contributed by atoms with E-state index >= 15 is 0 Å². The van der Waals surface area contributed by atoms with Crippen LogP contribution in [-0.4, -0.2) is 23.6 Å². The van der Waals surface area contributed by atoms with E-state index in [1.54, 1.807) is 24.3 Å². The summed E-state index contributed by atoms with van der Waals surface area (Å²) in [5.41, 5.74) is 0.641. The number of rotatable bonds is 1.